The number of hydrogen-bond acceptors (Lipinski definition) is 3. The topological polar surface area (TPSA) is 57.6 Å². The summed E-state index contributed by atoms with van der Waals surface area (Å²) in [5.41, 5.74) is 0. The van der Waals surface area contributed by atoms with Crippen molar-refractivity contribution >= 4 is 34.8 Å². The van der Waals surface area contributed by atoms with Gasteiger partial charge in [0.2, 0.25) is 0 Å². The fourth-order valence-electron chi connectivity index (χ4n) is 2.18. The van der Waals surface area contributed by atoms with Gasteiger partial charge in [0.1, 0.15) is 6.04 Å². The Labute approximate surface area is 114 Å². The van der Waals surface area contributed by atoms with E-state index in [9.17, 15) is 14.7 Å². The molecule has 1 aromatic heterocycles. The molecule has 1 amide bonds. The highest BCUT2D eigenvalue weighted by Gasteiger charge is 2.31. The Morgan fingerprint density at radius 2 is 2.11 bits per heavy atom. The molecule has 0 saturated carbocycles. The molecule has 1 saturated heterocycles. The normalized spacial score (nSPS) is 20.5. The first-order valence-corrected chi connectivity index (χ1v) is 7.08. The van der Waals surface area contributed by atoms with Crippen LogP contribution in [0.1, 0.15) is 35.4 Å². The van der Waals surface area contributed by atoms with Gasteiger partial charge in [-0.3, -0.25) is 4.79 Å². The lowest BCUT2D eigenvalue weighted by molar-refractivity contribution is -0.142. The molecule has 2 heterocycles. The highest BCUT2D eigenvalue weighted by atomic mass is 35.5. The third kappa shape index (κ3) is 2.84. The van der Waals surface area contributed by atoms with Crippen molar-refractivity contribution in [3.8, 4) is 0 Å². The van der Waals surface area contributed by atoms with Crippen LogP contribution in [0.15, 0.2) is 12.1 Å². The van der Waals surface area contributed by atoms with Crippen molar-refractivity contribution < 1.29 is 14.7 Å². The summed E-state index contributed by atoms with van der Waals surface area (Å²) >= 11 is 7.00. The van der Waals surface area contributed by atoms with Gasteiger partial charge in [-0.05, 0) is 25.0 Å². The van der Waals surface area contributed by atoms with Crippen LogP contribution >= 0.6 is 22.9 Å². The number of hydrogen-bond donors (Lipinski definition) is 1. The molecule has 1 aliphatic rings. The molecule has 18 heavy (non-hydrogen) atoms. The second kappa shape index (κ2) is 5.71. The van der Waals surface area contributed by atoms with Gasteiger partial charge < -0.3 is 10.0 Å². The zero-order chi connectivity index (χ0) is 13.1. The molecule has 0 radical (unpaired) electrons. The minimum atomic E-state index is -0.923. The Morgan fingerprint density at radius 3 is 2.72 bits per heavy atom. The molecule has 2 rings (SSSR count). The zero-order valence-electron chi connectivity index (χ0n) is 9.76. The van der Waals surface area contributed by atoms with Crippen LogP contribution in [0.25, 0.3) is 0 Å². The number of carbonyl (C=O) groups is 2. The molecule has 0 spiro atoms. The molecule has 1 N–H and O–H groups in total. The molecule has 0 aliphatic carbocycles. The first-order valence-electron chi connectivity index (χ1n) is 5.88. The maximum atomic E-state index is 12.3. The van der Waals surface area contributed by atoms with Crippen LogP contribution in [0.4, 0.5) is 0 Å². The number of nitrogens with zero attached hydrogens (tertiary/aromatic N) is 1. The van der Waals surface area contributed by atoms with Gasteiger partial charge in [-0.15, -0.1) is 11.3 Å². The SMILES string of the molecule is O=C(O)C1CCCCCN1C(=O)c1ccc(Cl)s1. The third-order valence-electron chi connectivity index (χ3n) is 3.08. The van der Waals surface area contributed by atoms with E-state index in [0.717, 1.165) is 19.3 Å². The van der Waals surface area contributed by atoms with Gasteiger partial charge in [0.15, 0.2) is 0 Å². The van der Waals surface area contributed by atoms with Crippen molar-refractivity contribution in [1.82, 2.24) is 4.90 Å². The summed E-state index contributed by atoms with van der Waals surface area (Å²) < 4.78 is 0.542. The lowest BCUT2D eigenvalue weighted by atomic mass is 10.1. The number of aliphatic carboxylic acids is 1. The second-order valence-electron chi connectivity index (χ2n) is 4.31. The molecule has 1 fully saturated rings. The number of thiophene rings is 1. The van der Waals surface area contributed by atoms with E-state index < -0.39 is 12.0 Å². The van der Waals surface area contributed by atoms with Gasteiger partial charge in [-0.2, -0.15) is 0 Å². The molecule has 0 aromatic carbocycles. The summed E-state index contributed by atoms with van der Waals surface area (Å²) in [5.74, 6) is -1.14. The van der Waals surface area contributed by atoms with Gasteiger partial charge in [-0.25, -0.2) is 4.79 Å². The predicted molar refractivity (Wildman–Crippen MR) is 70.3 cm³/mol. The van der Waals surface area contributed by atoms with Crippen molar-refractivity contribution in [2.24, 2.45) is 0 Å². The highest BCUT2D eigenvalue weighted by molar-refractivity contribution is 7.17. The Bertz CT molecular complexity index is 460. The lowest BCUT2D eigenvalue weighted by Crippen LogP contribution is -2.44. The van der Waals surface area contributed by atoms with E-state index >= 15 is 0 Å². The number of amides is 1. The van der Waals surface area contributed by atoms with Crippen LogP contribution in [0.2, 0.25) is 4.34 Å². The first-order chi connectivity index (χ1) is 8.59. The van der Waals surface area contributed by atoms with Crippen LogP contribution in [0.3, 0.4) is 0 Å². The van der Waals surface area contributed by atoms with Gasteiger partial charge in [0, 0.05) is 6.54 Å². The number of carbonyl (C=O) groups excluding carboxylic acids is 1. The van der Waals surface area contributed by atoms with E-state index in [0.29, 0.717) is 22.2 Å². The molecule has 1 aliphatic heterocycles. The second-order valence-corrected chi connectivity index (χ2v) is 6.02. The number of rotatable bonds is 2. The van der Waals surface area contributed by atoms with Crippen LogP contribution in [-0.2, 0) is 4.79 Å². The summed E-state index contributed by atoms with van der Waals surface area (Å²) in [6.45, 7) is 0.505. The Kier molecular flexibility index (Phi) is 4.24. The van der Waals surface area contributed by atoms with Crippen LogP contribution < -0.4 is 0 Å². The van der Waals surface area contributed by atoms with Crippen LogP contribution in [-0.4, -0.2) is 34.5 Å². The summed E-state index contributed by atoms with van der Waals surface area (Å²) in [5, 5.41) is 9.22. The van der Waals surface area contributed by atoms with E-state index in [1.165, 1.54) is 16.2 Å². The molecule has 4 nitrogen and oxygen atoms in total. The summed E-state index contributed by atoms with van der Waals surface area (Å²) in [6, 6.07) is 2.60. The molecule has 0 bridgehead atoms. The van der Waals surface area contributed by atoms with E-state index in [1.54, 1.807) is 12.1 Å². The summed E-state index contributed by atoms with van der Waals surface area (Å²) in [4.78, 5) is 25.5. The Balaban J connectivity index is 2.22. The fraction of sp³-hybridized carbons (Fsp3) is 0.500. The maximum Gasteiger partial charge on any atom is 0.326 e. The minimum Gasteiger partial charge on any atom is -0.480 e. The fourth-order valence-corrected chi connectivity index (χ4v) is 3.18. The zero-order valence-corrected chi connectivity index (χ0v) is 11.3. The van der Waals surface area contributed by atoms with Gasteiger partial charge in [0.05, 0.1) is 9.21 Å². The van der Waals surface area contributed by atoms with Gasteiger partial charge >= 0.3 is 5.97 Å². The largest absolute Gasteiger partial charge is 0.480 e. The van der Waals surface area contributed by atoms with Crippen LogP contribution in [0, 0.1) is 0 Å². The lowest BCUT2D eigenvalue weighted by Gasteiger charge is -2.26. The number of halogens is 1. The van der Waals surface area contributed by atoms with E-state index in [-0.39, 0.29) is 5.91 Å². The van der Waals surface area contributed by atoms with Crippen molar-refractivity contribution in [3.05, 3.63) is 21.3 Å². The van der Waals surface area contributed by atoms with E-state index in [1.807, 2.05) is 0 Å². The first kappa shape index (κ1) is 13.4. The van der Waals surface area contributed by atoms with Gasteiger partial charge in [0.25, 0.3) is 5.91 Å². The molecule has 6 heteroatoms. The number of carboxylic acid groups (broad SMARTS) is 1. The minimum absolute atomic E-state index is 0.221. The molecular weight excluding hydrogens is 274 g/mol. The van der Waals surface area contributed by atoms with E-state index in [4.69, 9.17) is 11.6 Å². The highest BCUT2D eigenvalue weighted by Crippen LogP contribution is 2.25. The van der Waals surface area contributed by atoms with Crippen molar-refractivity contribution in [3.63, 3.8) is 0 Å². The summed E-state index contributed by atoms with van der Waals surface area (Å²) in [7, 11) is 0. The molecule has 1 atom stereocenters. The number of carboxylic acids is 1. The van der Waals surface area contributed by atoms with Crippen molar-refractivity contribution in [1.29, 1.82) is 0 Å². The summed E-state index contributed by atoms with van der Waals surface area (Å²) in [6.07, 6.45) is 3.21. The Hall–Kier alpha value is -1.07. The average Bonchev–Trinajstić information content (AvgIpc) is 2.63. The number of likely N-dealkylation sites (tertiary alicyclic amines) is 1. The maximum absolute atomic E-state index is 12.3. The molecule has 1 unspecified atom stereocenters. The molecular formula is C12H14ClNO3S. The van der Waals surface area contributed by atoms with E-state index in [2.05, 4.69) is 0 Å². The molecule has 98 valence electrons. The third-order valence-corrected chi connectivity index (χ3v) is 4.30. The van der Waals surface area contributed by atoms with Gasteiger partial charge in [-0.1, -0.05) is 24.4 Å². The molecule has 1 aromatic rings. The monoisotopic (exact) mass is 287 g/mol. The average molecular weight is 288 g/mol. The van der Waals surface area contributed by atoms with Crippen molar-refractivity contribution in [2.75, 3.05) is 6.54 Å². The van der Waals surface area contributed by atoms with Crippen LogP contribution in [0.5, 0.6) is 0 Å². The smallest absolute Gasteiger partial charge is 0.326 e. The Morgan fingerprint density at radius 1 is 1.33 bits per heavy atom. The standard InChI is InChI=1S/C12H14ClNO3S/c13-10-6-5-9(18-10)11(15)14-7-3-1-2-4-8(14)12(16)17/h5-6,8H,1-4,7H2,(H,16,17). The predicted octanol–water partition coefficient (Wildman–Crippen LogP) is 2.87. The van der Waals surface area contributed by atoms with Crippen molar-refractivity contribution in [2.45, 2.75) is 31.7 Å². The quantitative estimate of drug-likeness (QED) is 0.910.